The number of benzene rings is 1. The number of rotatable bonds is 4. The zero-order valence-electron chi connectivity index (χ0n) is 10.9. The second kappa shape index (κ2) is 6.97. The molecule has 2 rings (SSSR count). The second-order valence-corrected chi connectivity index (χ2v) is 7.73. The van der Waals surface area contributed by atoms with Gasteiger partial charge < -0.3 is 5.73 Å². The first-order valence-electron chi connectivity index (χ1n) is 6.80. The van der Waals surface area contributed by atoms with E-state index in [2.05, 4.69) is 58.9 Å². The Bertz CT molecular complexity index is 365. The van der Waals surface area contributed by atoms with Crippen LogP contribution in [0.4, 0.5) is 0 Å². The summed E-state index contributed by atoms with van der Waals surface area (Å²) in [4.78, 5) is 0. The zero-order chi connectivity index (χ0) is 13.0. The van der Waals surface area contributed by atoms with Crippen LogP contribution < -0.4 is 5.73 Å². The Balaban J connectivity index is 1.98. The average molecular weight is 328 g/mol. The Hall–Kier alpha value is 0.01000. The molecule has 18 heavy (non-hydrogen) atoms. The summed E-state index contributed by atoms with van der Waals surface area (Å²) >= 11 is 5.57. The van der Waals surface area contributed by atoms with Gasteiger partial charge in [0.15, 0.2) is 0 Å². The van der Waals surface area contributed by atoms with Crippen LogP contribution in [0.25, 0.3) is 0 Å². The van der Waals surface area contributed by atoms with Crippen molar-refractivity contribution in [2.45, 2.75) is 43.1 Å². The van der Waals surface area contributed by atoms with E-state index in [4.69, 9.17) is 5.73 Å². The van der Waals surface area contributed by atoms with E-state index < -0.39 is 0 Å². The fraction of sp³-hybridized carbons (Fsp3) is 0.600. The average Bonchev–Trinajstić information content (AvgIpc) is 2.37. The van der Waals surface area contributed by atoms with Crippen molar-refractivity contribution in [1.82, 2.24) is 0 Å². The first kappa shape index (κ1) is 14.4. The molecule has 1 saturated carbocycles. The van der Waals surface area contributed by atoms with E-state index in [-0.39, 0.29) is 0 Å². The van der Waals surface area contributed by atoms with E-state index in [0.717, 1.165) is 22.2 Å². The van der Waals surface area contributed by atoms with Crippen molar-refractivity contribution < 1.29 is 0 Å². The molecule has 3 unspecified atom stereocenters. The van der Waals surface area contributed by atoms with Crippen LogP contribution in [-0.4, -0.2) is 11.8 Å². The molecule has 2 N–H and O–H groups in total. The lowest BCUT2D eigenvalue weighted by Crippen LogP contribution is -2.19. The standard InChI is InChI=1S/C15H22BrNS/c1-11-3-2-4-14(9-11)18-15(10-17)12-5-7-13(16)8-6-12/h5-8,11,14-15H,2-4,9-10,17H2,1H3. The molecule has 1 fully saturated rings. The quantitative estimate of drug-likeness (QED) is 0.862. The Morgan fingerprint density at radius 2 is 2.06 bits per heavy atom. The van der Waals surface area contributed by atoms with Gasteiger partial charge in [0.1, 0.15) is 0 Å². The summed E-state index contributed by atoms with van der Waals surface area (Å²) in [5.41, 5.74) is 7.33. The van der Waals surface area contributed by atoms with Crippen molar-refractivity contribution in [2.24, 2.45) is 11.7 Å². The third-order valence-electron chi connectivity index (χ3n) is 3.70. The van der Waals surface area contributed by atoms with Crippen molar-refractivity contribution in [1.29, 1.82) is 0 Å². The smallest absolute Gasteiger partial charge is 0.0422 e. The van der Waals surface area contributed by atoms with Crippen LogP contribution >= 0.6 is 27.7 Å². The number of hydrogen-bond acceptors (Lipinski definition) is 2. The van der Waals surface area contributed by atoms with Gasteiger partial charge in [0.05, 0.1) is 0 Å². The number of hydrogen-bond donors (Lipinski definition) is 1. The molecule has 3 atom stereocenters. The SMILES string of the molecule is CC1CCCC(SC(CN)c2ccc(Br)cc2)C1. The Labute approximate surface area is 123 Å². The summed E-state index contributed by atoms with van der Waals surface area (Å²) in [6.45, 7) is 3.11. The summed E-state index contributed by atoms with van der Waals surface area (Å²) in [6, 6.07) is 8.62. The van der Waals surface area contributed by atoms with Gasteiger partial charge in [-0.25, -0.2) is 0 Å². The van der Waals surface area contributed by atoms with Crippen LogP contribution in [-0.2, 0) is 0 Å². The molecule has 0 amide bonds. The molecule has 0 bridgehead atoms. The van der Waals surface area contributed by atoms with Gasteiger partial charge in [-0.3, -0.25) is 0 Å². The highest BCUT2D eigenvalue weighted by Gasteiger charge is 2.23. The third kappa shape index (κ3) is 4.01. The lowest BCUT2D eigenvalue weighted by Gasteiger charge is -2.29. The van der Waals surface area contributed by atoms with E-state index in [1.165, 1.54) is 31.2 Å². The monoisotopic (exact) mass is 327 g/mol. The minimum absolute atomic E-state index is 0.452. The Morgan fingerprint density at radius 1 is 1.33 bits per heavy atom. The van der Waals surface area contributed by atoms with E-state index in [1.807, 2.05) is 0 Å². The van der Waals surface area contributed by atoms with Crippen LogP contribution in [0.3, 0.4) is 0 Å². The maximum absolute atomic E-state index is 5.96. The molecule has 0 saturated heterocycles. The lowest BCUT2D eigenvalue weighted by molar-refractivity contribution is 0.393. The zero-order valence-corrected chi connectivity index (χ0v) is 13.3. The molecule has 1 aromatic rings. The molecular formula is C15H22BrNS. The Morgan fingerprint density at radius 3 is 2.67 bits per heavy atom. The fourth-order valence-electron chi connectivity index (χ4n) is 2.68. The highest BCUT2D eigenvalue weighted by molar-refractivity contribution is 9.10. The minimum atomic E-state index is 0.452. The van der Waals surface area contributed by atoms with Gasteiger partial charge in [-0.2, -0.15) is 0 Å². The van der Waals surface area contributed by atoms with E-state index in [0.29, 0.717) is 5.25 Å². The largest absolute Gasteiger partial charge is 0.329 e. The van der Waals surface area contributed by atoms with Gasteiger partial charge in [0.2, 0.25) is 0 Å². The molecule has 100 valence electrons. The molecule has 1 aromatic carbocycles. The summed E-state index contributed by atoms with van der Waals surface area (Å²) in [5, 5.41) is 1.25. The van der Waals surface area contributed by atoms with Crippen molar-refractivity contribution in [3.05, 3.63) is 34.3 Å². The number of thioether (sulfide) groups is 1. The first-order chi connectivity index (χ1) is 8.69. The molecule has 0 spiro atoms. The molecule has 1 aliphatic carbocycles. The predicted molar refractivity (Wildman–Crippen MR) is 84.9 cm³/mol. The molecule has 0 heterocycles. The van der Waals surface area contributed by atoms with Crippen LogP contribution in [0.1, 0.15) is 43.4 Å². The van der Waals surface area contributed by atoms with Gasteiger partial charge in [-0.1, -0.05) is 47.8 Å². The van der Waals surface area contributed by atoms with Gasteiger partial charge in [0.25, 0.3) is 0 Å². The highest BCUT2D eigenvalue weighted by Crippen LogP contribution is 2.39. The molecule has 0 radical (unpaired) electrons. The summed E-state index contributed by atoms with van der Waals surface area (Å²) in [6.07, 6.45) is 5.51. The van der Waals surface area contributed by atoms with Crippen LogP contribution in [0.2, 0.25) is 0 Å². The van der Waals surface area contributed by atoms with Crippen molar-refractivity contribution in [2.75, 3.05) is 6.54 Å². The van der Waals surface area contributed by atoms with E-state index in [1.54, 1.807) is 0 Å². The molecule has 1 aliphatic rings. The van der Waals surface area contributed by atoms with Gasteiger partial charge >= 0.3 is 0 Å². The summed E-state index contributed by atoms with van der Waals surface area (Å²) in [7, 11) is 0. The summed E-state index contributed by atoms with van der Waals surface area (Å²) < 4.78 is 1.14. The highest BCUT2D eigenvalue weighted by atomic mass is 79.9. The Kier molecular flexibility index (Phi) is 5.58. The van der Waals surface area contributed by atoms with Crippen LogP contribution in [0.5, 0.6) is 0 Å². The second-order valence-electron chi connectivity index (χ2n) is 5.31. The van der Waals surface area contributed by atoms with Gasteiger partial charge in [0, 0.05) is 21.5 Å². The minimum Gasteiger partial charge on any atom is -0.329 e. The van der Waals surface area contributed by atoms with Gasteiger partial charge in [-0.05, 0) is 36.5 Å². The van der Waals surface area contributed by atoms with E-state index >= 15 is 0 Å². The molecule has 1 nitrogen and oxygen atoms in total. The van der Waals surface area contributed by atoms with E-state index in [9.17, 15) is 0 Å². The number of halogens is 1. The molecule has 0 aromatic heterocycles. The fourth-order valence-corrected chi connectivity index (χ4v) is 4.58. The number of nitrogens with two attached hydrogens (primary N) is 1. The maximum atomic E-state index is 5.96. The lowest BCUT2D eigenvalue weighted by atomic mass is 9.91. The third-order valence-corrected chi connectivity index (χ3v) is 5.84. The molecule has 0 aliphatic heterocycles. The van der Waals surface area contributed by atoms with Crippen LogP contribution in [0, 0.1) is 5.92 Å². The first-order valence-corrected chi connectivity index (χ1v) is 8.53. The normalized spacial score (nSPS) is 25.9. The topological polar surface area (TPSA) is 26.0 Å². The molecular weight excluding hydrogens is 306 g/mol. The van der Waals surface area contributed by atoms with Crippen molar-refractivity contribution in [3.8, 4) is 0 Å². The van der Waals surface area contributed by atoms with Crippen molar-refractivity contribution >= 4 is 27.7 Å². The predicted octanol–water partition coefficient (Wildman–Crippen LogP) is 4.76. The van der Waals surface area contributed by atoms with Crippen molar-refractivity contribution in [3.63, 3.8) is 0 Å². The summed E-state index contributed by atoms with van der Waals surface area (Å²) in [5.74, 6) is 0.889. The van der Waals surface area contributed by atoms with Gasteiger partial charge in [-0.15, -0.1) is 11.8 Å². The van der Waals surface area contributed by atoms with Crippen LogP contribution in [0.15, 0.2) is 28.7 Å². The molecule has 3 heteroatoms. The maximum Gasteiger partial charge on any atom is 0.0422 e.